The number of nitrogens with one attached hydrogen (secondary N) is 1. The van der Waals surface area contributed by atoms with Gasteiger partial charge in [0.1, 0.15) is 0 Å². The molecule has 86 valence electrons. The number of piperidine rings is 1. The van der Waals surface area contributed by atoms with Gasteiger partial charge in [-0.05, 0) is 38.8 Å². The lowest BCUT2D eigenvalue weighted by molar-refractivity contribution is -0.101. The lowest BCUT2D eigenvalue weighted by Crippen LogP contribution is -2.62. The number of hydrogen-bond acceptors (Lipinski definition) is 3. The zero-order valence-electron chi connectivity index (χ0n) is 9.50. The molecule has 3 heterocycles. The highest BCUT2D eigenvalue weighted by atomic mass is 16.5. The zero-order valence-corrected chi connectivity index (χ0v) is 9.50. The standard InChI is InChI=1S/C12H22N2O/c1-5-13-6-2-11(1)14-9-12(10-14)3-7-15-8-4-12/h11,13H,1-10H2. The number of nitrogens with zero attached hydrogens (tertiary/aromatic N) is 1. The molecule has 0 bridgehead atoms. The number of ether oxygens (including phenoxy) is 1. The topological polar surface area (TPSA) is 24.5 Å². The van der Waals surface area contributed by atoms with E-state index in [0.717, 1.165) is 19.3 Å². The molecule has 1 N–H and O–H groups in total. The van der Waals surface area contributed by atoms with Gasteiger partial charge in [0.05, 0.1) is 0 Å². The third-order valence-electron chi connectivity index (χ3n) is 4.46. The van der Waals surface area contributed by atoms with Crippen molar-refractivity contribution in [3.63, 3.8) is 0 Å². The molecule has 0 aromatic rings. The molecule has 0 aromatic heterocycles. The molecule has 3 fully saturated rings. The van der Waals surface area contributed by atoms with Gasteiger partial charge in [-0.1, -0.05) is 0 Å². The minimum absolute atomic E-state index is 0.656. The number of likely N-dealkylation sites (tertiary alicyclic amines) is 1. The predicted molar refractivity (Wildman–Crippen MR) is 60.0 cm³/mol. The minimum Gasteiger partial charge on any atom is -0.381 e. The summed E-state index contributed by atoms with van der Waals surface area (Å²) in [6, 6.07) is 0.875. The van der Waals surface area contributed by atoms with Crippen LogP contribution in [-0.4, -0.2) is 50.3 Å². The quantitative estimate of drug-likeness (QED) is 0.694. The molecule has 1 spiro atoms. The molecule has 0 radical (unpaired) electrons. The van der Waals surface area contributed by atoms with Gasteiger partial charge < -0.3 is 10.1 Å². The van der Waals surface area contributed by atoms with Crippen molar-refractivity contribution < 1.29 is 4.74 Å². The molecule has 3 rings (SSSR count). The molecule has 3 saturated heterocycles. The smallest absolute Gasteiger partial charge is 0.0472 e. The minimum atomic E-state index is 0.656. The van der Waals surface area contributed by atoms with E-state index in [1.54, 1.807) is 0 Å². The van der Waals surface area contributed by atoms with Crippen LogP contribution in [0.25, 0.3) is 0 Å². The summed E-state index contributed by atoms with van der Waals surface area (Å²) < 4.78 is 5.45. The van der Waals surface area contributed by atoms with E-state index in [1.165, 1.54) is 51.9 Å². The third-order valence-corrected chi connectivity index (χ3v) is 4.46. The summed E-state index contributed by atoms with van der Waals surface area (Å²) in [4.78, 5) is 2.71. The second-order valence-electron chi connectivity index (χ2n) is 5.50. The largest absolute Gasteiger partial charge is 0.381 e. The maximum absolute atomic E-state index is 5.45. The summed E-state index contributed by atoms with van der Waals surface area (Å²) in [5, 5.41) is 3.44. The fraction of sp³-hybridized carbons (Fsp3) is 1.00. The normalized spacial score (nSPS) is 32.8. The molecule has 0 atom stereocenters. The van der Waals surface area contributed by atoms with Gasteiger partial charge in [-0.3, -0.25) is 4.90 Å². The first kappa shape index (κ1) is 10.1. The van der Waals surface area contributed by atoms with Crippen molar-refractivity contribution in [2.24, 2.45) is 5.41 Å². The fourth-order valence-corrected chi connectivity index (χ4v) is 3.37. The first-order valence-electron chi connectivity index (χ1n) is 6.41. The van der Waals surface area contributed by atoms with E-state index in [-0.39, 0.29) is 0 Å². The number of rotatable bonds is 1. The van der Waals surface area contributed by atoms with E-state index in [1.807, 2.05) is 0 Å². The van der Waals surface area contributed by atoms with Gasteiger partial charge in [0.2, 0.25) is 0 Å². The van der Waals surface area contributed by atoms with E-state index in [2.05, 4.69) is 10.2 Å². The Balaban J connectivity index is 1.51. The molecule has 0 aromatic carbocycles. The molecule has 15 heavy (non-hydrogen) atoms. The summed E-state index contributed by atoms with van der Waals surface area (Å²) >= 11 is 0. The monoisotopic (exact) mass is 210 g/mol. The summed E-state index contributed by atoms with van der Waals surface area (Å²) in [7, 11) is 0. The summed E-state index contributed by atoms with van der Waals surface area (Å²) in [5.74, 6) is 0. The van der Waals surface area contributed by atoms with E-state index in [0.29, 0.717) is 5.41 Å². The Morgan fingerprint density at radius 2 is 1.73 bits per heavy atom. The Bertz CT molecular complexity index is 212. The molecule has 0 aliphatic carbocycles. The lowest BCUT2D eigenvalue weighted by atomic mass is 9.72. The van der Waals surface area contributed by atoms with Gasteiger partial charge in [-0.25, -0.2) is 0 Å². The van der Waals surface area contributed by atoms with Gasteiger partial charge in [0.25, 0.3) is 0 Å². The van der Waals surface area contributed by atoms with Gasteiger partial charge in [0.15, 0.2) is 0 Å². The van der Waals surface area contributed by atoms with Crippen molar-refractivity contribution >= 4 is 0 Å². The van der Waals surface area contributed by atoms with E-state index < -0.39 is 0 Å². The van der Waals surface area contributed by atoms with Crippen LogP contribution in [0.1, 0.15) is 25.7 Å². The Kier molecular flexibility index (Phi) is 2.71. The van der Waals surface area contributed by atoms with Crippen LogP contribution in [0.5, 0.6) is 0 Å². The predicted octanol–water partition coefficient (Wildman–Crippen LogP) is 0.851. The van der Waals surface area contributed by atoms with E-state index in [9.17, 15) is 0 Å². The highest BCUT2D eigenvalue weighted by Crippen LogP contribution is 2.41. The SMILES string of the molecule is C1CC(N2CC3(CCOCC3)C2)CCN1. The first-order chi connectivity index (χ1) is 7.38. The molecule has 0 saturated carbocycles. The third kappa shape index (κ3) is 1.93. The average Bonchev–Trinajstić information content (AvgIpc) is 2.28. The van der Waals surface area contributed by atoms with Crippen LogP contribution in [0.15, 0.2) is 0 Å². The van der Waals surface area contributed by atoms with Crippen LogP contribution in [0.3, 0.4) is 0 Å². The second-order valence-corrected chi connectivity index (χ2v) is 5.50. The van der Waals surface area contributed by atoms with Crippen molar-refractivity contribution in [2.45, 2.75) is 31.7 Å². The fourth-order valence-electron chi connectivity index (χ4n) is 3.37. The van der Waals surface area contributed by atoms with Crippen molar-refractivity contribution in [2.75, 3.05) is 39.4 Å². The van der Waals surface area contributed by atoms with Crippen molar-refractivity contribution in [3.8, 4) is 0 Å². The van der Waals surface area contributed by atoms with E-state index in [4.69, 9.17) is 4.74 Å². The molecule has 0 amide bonds. The Hall–Kier alpha value is -0.120. The maximum Gasteiger partial charge on any atom is 0.0472 e. The zero-order chi connectivity index (χ0) is 10.1. The van der Waals surface area contributed by atoms with Crippen LogP contribution >= 0.6 is 0 Å². The molecular weight excluding hydrogens is 188 g/mol. The van der Waals surface area contributed by atoms with Crippen molar-refractivity contribution in [1.82, 2.24) is 10.2 Å². The highest BCUT2D eigenvalue weighted by molar-refractivity contribution is 4.99. The summed E-state index contributed by atoms with van der Waals surface area (Å²) in [5.41, 5.74) is 0.656. The van der Waals surface area contributed by atoms with Gasteiger partial charge in [-0.15, -0.1) is 0 Å². The van der Waals surface area contributed by atoms with Crippen LogP contribution in [0.2, 0.25) is 0 Å². The molecule has 3 nitrogen and oxygen atoms in total. The van der Waals surface area contributed by atoms with Crippen molar-refractivity contribution in [3.05, 3.63) is 0 Å². The molecule has 0 unspecified atom stereocenters. The van der Waals surface area contributed by atoms with Crippen LogP contribution in [0.4, 0.5) is 0 Å². The maximum atomic E-state index is 5.45. The van der Waals surface area contributed by atoms with Gasteiger partial charge in [0, 0.05) is 37.8 Å². The van der Waals surface area contributed by atoms with Crippen molar-refractivity contribution in [1.29, 1.82) is 0 Å². The summed E-state index contributed by atoms with van der Waals surface area (Å²) in [6.45, 7) is 7.14. The average molecular weight is 210 g/mol. The van der Waals surface area contributed by atoms with Crippen LogP contribution in [0, 0.1) is 5.41 Å². The Morgan fingerprint density at radius 1 is 1.07 bits per heavy atom. The second kappa shape index (κ2) is 4.04. The lowest BCUT2D eigenvalue weighted by Gasteiger charge is -2.55. The Labute approximate surface area is 92.2 Å². The molecule has 3 heteroatoms. The summed E-state index contributed by atoms with van der Waals surface area (Å²) in [6.07, 6.45) is 5.31. The van der Waals surface area contributed by atoms with Gasteiger partial charge in [-0.2, -0.15) is 0 Å². The Morgan fingerprint density at radius 3 is 2.40 bits per heavy atom. The van der Waals surface area contributed by atoms with Crippen LogP contribution in [-0.2, 0) is 4.74 Å². The van der Waals surface area contributed by atoms with E-state index >= 15 is 0 Å². The number of hydrogen-bond donors (Lipinski definition) is 1. The van der Waals surface area contributed by atoms with Gasteiger partial charge >= 0.3 is 0 Å². The molecule has 3 aliphatic rings. The molecular formula is C12H22N2O. The first-order valence-corrected chi connectivity index (χ1v) is 6.41. The highest BCUT2D eigenvalue weighted by Gasteiger charge is 2.45. The molecule has 3 aliphatic heterocycles. The van der Waals surface area contributed by atoms with Crippen LogP contribution < -0.4 is 5.32 Å².